The molecule has 1 aromatic carbocycles. The zero-order valence-electron chi connectivity index (χ0n) is 10.3. The van der Waals surface area contributed by atoms with Crippen molar-refractivity contribution >= 4 is 31.6 Å². The predicted molar refractivity (Wildman–Crippen MR) is 72.7 cm³/mol. The highest BCUT2D eigenvalue weighted by Crippen LogP contribution is 2.29. The first-order chi connectivity index (χ1) is 8.84. The summed E-state index contributed by atoms with van der Waals surface area (Å²) in [6.07, 6.45) is 0. The van der Waals surface area contributed by atoms with Crippen molar-refractivity contribution in [3.63, 3.8) is 0 Å². The number of rotatable bonds is 2. The molecule has 1 aromatic rings. The van der Waals surface area contributed by atoms with E-state index in [4.69, 9.17) is 10.5 Å². The van der Waals surface area contributed by atoms with Gasteiger partial charge in [0.25, 0.3) is 0 Å². The van der Waals surface area contributed by atoms with E-state index < -0.39 is 20.7 Å². The van der Waals surface area contributed by atoms with Gasteiger partial charge in [0.05, 0.1) is 13.2 Å². The Bertz CT molecular complexity index is 594. The summed E-state index contributed by atoms with van der Waals surface area (Å²) in [5.74, 6) is -0.820. The van der Waals surface area contributed by atoms with E-state index in [1.54, 1.807) is 6.92 Å². The van der Waals surface area contributed by atoms with E-state index in [1.165, 1.54) is 4.31 Å². The van der Waals surface area contributed by atoms with Crippen molar-refractivity contribution < 1.29 is 17.5 Å². The first-order valence-electron chi connectivity index (χ1n) is 5.68. The number of nitrogen functional groups attached to an aromatic ring is 1. The largest absolute Gasteiger partial charge is 0.398 e. The van der Waals surface area contributed by atoms with E-state index in [2.05, 4.69) is 15.9 Å². The first-order valence-corrected chi connectivity index (χ1v) is 7.91. The van der Waals surface area contributed by atoms with Gasteiger partial charge >= 0.3 is 0 Å². The van der Waals surface area contributed by atoms with Crippen LogP contribution in [0.15, 0.2) is 21.5 Å². The quantitative estimate of drug-likeness (QED) is 0.820. The fraction of sp³-hybridized carbons (Fsp3) is 0.455. The number of nitrogens with zero attached hydrogens (tertiary/aromatic N) is 1. The van der Waals surface area contributed by atoms with Crippen molar-refractivity contribution in [3.8, 4) is 0 Å². The zero-order chi connectivity index (χ0) is 14.2. The average Bonchev–Trinajstić information content (AvgIpc) is 2.34. The van der Waals surface area contributed by atoms with Gasteiger partial charge in [-0.2, -0.15) is 4.31 Å². The Balaban J connectivity index is 2.47. The van der Waals surface area contributed by atoms with E-state index >= 15 is 0 Å². The van der Waals surface area contributed by atoms with E-state index in [0.717, 1.165) is 12.1 Å². The van der Waals surface area contributed by atoms with Crippen molar-refractivity contribution in [2.75, 3.05) is 25.5 Å². The monoisotopic (exact) mass is 352 g/mol. The first kappa shape index (κ1) is 14.7. The molecule has 1 unspecified atom stereocenters. The maximum absolute atomic E-state index is 13.9. The zero-order valence-corrected chi connectivity index (χ0v) is 12.7. The number of halogens is 2. The summed E-state index contributed by atoms with van der Waals surface area (Å²) in [5.41, 5.74) is 5.81. The molecule has 0 aliphatic carbocycles. The highest BCUT2D eigenvalue weighted by molar-refractivity contribution is 9.10. The highest BCUT2D eigenvalue weighted by Gasteiger charge is 2.33. The summed E-state index contributed by atoms with van der Waals surface area (Å²) in [6, 6.07) is 1.87. The lowest BCUT2D eigenvalue weighted by Crippen LogP contribution is -2.47. The smallest absolute Gasteiger partial charge is 0.246 e. The Morgan fingerprint density at radius 2 is 2.21 bits per heavy atom. The van der Waals surface area contributed by atoms with Crippen molar-refractivity contribution in [1.29, 1.82) is 0 Å². The fourth-order valence-electron chi connectivity index (χ4n) is 1.94. The van der Waals surface area contributed by atoms with Crippen LogP contribution in [0.4, 0.5) is 10.1 Å². The van der Waals surface area contributed by atoms with Gasteiger partial charge in [-0.05, 0) is 35.0 Å². The summed E-state index contributed by atoms with van der Waals surface area (Å²) < 4.78 is 45.5. The number of hydrogen-bond donors (Lipinski definition) is 1. The van der Waals surface area contributed by atoms with E-state index in [0.29, 0.717) is 17.7 Å². The lowest BCUT2D eigenvalue weighted by atomic mass is 10.3. The van der Waals surface area contributed by atoms with Crippen LogP contribution >= 0.6 is 15.9 Å². The molecular weight excluding hydrogens is 339 g/mol. The van der Waals surface area contributed by atoms with Crippen LogP contribution in [-0.4, -0.2) is 38.5 Å². The van der Waals surface area contributed by atoms with Crippen LogP contribution < -0.4 is 5.73 Å². The molecule has 0 saturated carbocycles. The summed E-state index contributed by atoms with van der Waals surface area (Å²) in [7, 11) is -3.90. The molecular formula is C11H14BrFN2O3S. The Kier molecular flexibility index (Phi) is 4.14. The summed E-state index contributed by atoms with van der Waals surface area (Å²) in [4.78, 5) is -0.401. The molecule has 0 spiro atoms. The van der Waals surface area contributed by atoms with Crippen LogP contribution in [-0.2, 0) is 14.8 Å². The maximum Gasteiger partial charge on any atom is 0.246 e. The lowest BCUT2D eigenvalue weighted by molar-refractivity contribution is 0.0392. The van der Waals surface area contributed by atoms with Gasteiger partial charge in [0.2, 0.25) is 10.0 Å². The number of nitrogens with two attached hydrogens (primary N) is 1. The van der Waals surface area contributed by atoms with Crippen molar-refractivity contribution in [3.05, 3.63) is 22.4 Å². The molecule has 2 rings (SSSR count). The van der Waals surface area contributed by atoms with Gasteiger partial charge < -0.3 is 10.5 Å². The van der Waals surface area contributed by atoms with Crippen LogP contribution in [0.2, 0.25) is 0 Å². The standard InChI is InChI=1S/C11H14BrFN2O3S/c1-7-6-18-3-2-15(7)19(16,17)11-5-10(14)8(12)4-9(11)13/h4-5,7H,2-3,6,14H2,1H3. The second-order valence-corrected chi connectivity index (χ2v) is 7.06. The third-order valence-electron chi connectivity index (χ3n) is 2.94. The summed E-state index contributed by atoms with van der Waals surface area (Å²) in [6.45, 7) is 2.53. The minimum atomic E-state index is -3.90. The Morgan fingerprint density at radius 3 is 2.84 bits per heavy atom. The normalized spacial score (nSPS) is 21.5. The number of ether oxygens (including phenoxy) is 1. The Hall–Kier alpha value is -0.700. The van der Waals surface area contributed by atoms with Crippen LogP contribution in [0.1, 0.15) is 6.92 Å². The third kappa shape index (κ3) is 2.76. The molecule has 0 radical (unpaired) electrons. The number of sulfonamides is 1. The van der Waals surface area contributed by atoms with Gasteiger partial charge in [0.1, 0.15) is 10.7 Å². The molecule has 0 bridgehead atoms. The van der Waals surface area contributed by atoms with E-state index in [9.17, 15) is 12.8 Å². The number of hydrogen-bond acceptors (Lipinski definition) is 4. The minimum Gasteiger partial charge on any atom is -0.398 e. The molecule has 1 aliphatic heterocycles. The van der Waals surface area contributed by atoms with Crippen LogP contribution in [0.5, 0.6) is 0 Å². The molecule has 1 atom stereocenters. The van der Waals surface area contributed by atoms with Crippen molar-refractivity contribution in [2.24, 2.45) is 0 Å². The molecule has 2 N–H and O–H groups in total. The third-order valence-corrected chi connectivity index (χ3v) is 5.66. The number of anilines is 1. The molecule has 5 nitrogen and oxygen atoms in total. The molecule has 8 heteroatoms. The van der Waals surface area contributed by atoms with Gasteiger partial charge in [0.15, 0.2) is 0 Å². The average molecular weight is 353 g/mol. The molecule has 0 amide bonds. The second-order valence-electron chi connectivity index (χ2n) is 4.34. The second kappa shape index (κ2) is 5.35. The van der Waals surface area contributed by atoms with Crippen LogP contribution in [0.25, 0.3) is 0 Å². The van der Waals surface area contributed by atoms with Gasteiger partial charge in [0, 0.05) is 22.7 Å². The van der Waals surface area contributed by atoms with Crippen LogP contribution in [0, 0.1) is 5.82 Å². The van der Waals surface area contributed by atoms with Gasteiger partial charge in [-0.1, -0.05) is 0 Å². The molecule has 106 valence electrons. The molecule has 1 aliphatic rings. The van der Waals surface area contributed by atoms with Crippen molar-refractivity contribution in [2.45, 2.75) is 17.9 Å². The van der Waals surface area contributed by atoms with Crippen molar-refractivity contribution in [1.82, 2.24) is 4.31 Å². The molecule has 1 fully saturated rings. The molecule has 19 heavy (non-hydrogen) atoms. The minimum absolute atomic E-state index is 0.181. The van der Waals surface area contributed by atoms with Gasteiger partial charge in [-0.25, -0.2) is 12.8 Å². The Morgan fingerprint density at radius 1 is 1.53 bits per heavy atom. The maximum atomic E-state index is 13.9. The molecule has 1 heterocycles. The van der Waals surface area contributed by atoms with Crippen LogP contribution in [0.3, 0.4) is 0 Å². The molecule has 1 saturated heterocycles. The highest BCUT2D eigenvalue weighted by atomic mass is 79.9. The van der Waals surface area contributed by atoms with E-state index in [-0.39, 0.29) is 18.3 Å². The summed E-state index contributed by atoms with van der Waals surface area (Å²) in [5, 5.41) is 0. The topological polar surface area (TPSA) is 72.6 Å². The lowest BCUT2D eigenvalue weighted by Gasteiger charge is -2.32. The number of morpholine rings is 1. The Labute approximate surface area is 119 Å². The van der Waals surface area contributed by atoms with E-state index in [1.807, 2.05) is 0 Å². The molecule has 0 aromatic heterocycles. The predicted octanol–water partition coefficient (Wildman–Crippen LogP) is 1.58. The summed E-state index contributed by atoms with van der Waals surface area (Å²) >= 11 is 3.06. The fourth-order valence-corrected chi connectivity index (χ4v) is 3.94. The van der Waals surface area contributed by atoms with Gasteiger partial charge in [-0.3, -0.25) is 0 Å². The van der Waals surface area contributed by atoms with Gasteiger partial charge in [-0.15, -0.1) is 0 Å². The SMILES string of the molecule is CC1COCCN1S(=O)(=O)c1cc(N)c(Br)cc1F. The number of benzene rings is 1.